The number of esters is 1. The van der Waals surface area contributed by atoms with E-state index in [4.69, 9.17) is 9.47 Å². The van der Waals surface area contributed by atoms with E-state index in [9.17, 15) is 77.3 Å². The van der Waals surface area contributed by atoms with Crippen molar-refractivity contribution in [3.63, 3.8) is 0 Å². The van der Waals surface area contributed by atoms with Crippen molar-refractivity contribution in [3.8, 4) is 11.8 Å². The first-order chi connectivity index (χ1) is 46.4. The van der Waals surface area contributed by atoms with Crippen LogP contribution in [0.3, 0.4) is 0 Å². The Hall–Kier alpha value is -7.91. The number of hydrogen-bond acceptors (Lipinski definition) is 19. The number of aliphatic carboxylic acids is 3. The number of carboxylic acids is 3. The number of carboxylic acid groups (broad SMARTS) is 3. The van der Waals surface area contributed by atoms with Gasteiger partial charge < -0.3 is 45.2 Å². The number of ether oxygens (including phenoxy) is 2. The fourth-order valence-corrected chi connectivity index (χ4v) is 14.0. The van der Waals surface area contributed by atoms with Crippen LogP contribution in [0.2, 0.25) is 0 Å². The van der Waals surface area contributed by atoms with Gasteiger partial charge in [0, 0.05) is 115 Å². The van der Waals surface area contributed by atoms with Crippen molar-refractivity contribution in [2.75, 3.05) is 131 Å². The first-order valence-electron chi connectivity index (χ1n) is 33.6. The Balaban J connectivity index is 0.868. The van der Waals surface area contributed by atoms with Gasteiger partial charge in [-0.1, -0.05) is 56.0 Å². The number of nitrogens with zero attached hydrogens (tertiary/aromatic N) is 9. The summed E-state index contributed by atoms with van der Waals surface area (Å²) in [6, 6.07) is 15.2. The van der Waals surface area contributed by atoms with Crippen LogP contribution in [-0.4, -0.2) is 267 Å². The van der Waals surface area contributed by atoms with Gasteiger partial charge in [-0.15, -0.1) is 11.8 Å². The highest BCUT2D eigenvalue weighted by molar-refractivity contribution is 8.01. The van der Waals surface area contributed by atoms with E-state index in [0.29, 0.717) is 80.8 Å². The number of thioether (sulfide) groups is 1. The number of amides is 6. The molecule has 4 atom stereocenters. The normalized spacial score (nSPS) is 19.4. The average molecular weight is 1370 g/mol. The Morgan fingerprint density at radius 2 is 1.38 bits per heavy atom. The van der Waals surface area contributed by atoms with Gasteiger partial charge in [-0.05, 0) is 94.0 Å². The number of unbranched alkanes of at least 4 members (excludes halogenated alkanes) is 3. The number of carbonyl (C=O) groups is 10. The second-order valence-corrected chi connectivity index (χ2v) is 27.3. The molecule has 7 rings (SSSR count). The van der Waals surface area contributed by atoms with Crippen molar-refractivity contribution >= 4 is 82.0 Å². The fourth-order valence-electron chi connectivity index (χ4n) is 12.6. The monoisotopic (exact) mass is 1370 g/mol. The summed E-state index contributed by atoms with van der Waals surface area (Å²) < 4.78 is 39.5. The summed E-state index contributed by atoms with van der Waals surface area (Å²) >= 11 is 1.30. The molecule has 4 aliphatic heterocycles. The smallest absolute Gasteiger partial charge is 0.317 e. The first kappa shape index (κ1) is 76.5. The second-order valence-electron chi connectivity index (χ2n) is 25.8. The number of nitriles is 1. The molecule has 3 unspecified atom stereocenters. The molecule has 97 heavy (non-hydrogen) atoms. The fraction of sp³-hybridized carbons (Fsp3) is 0.618. The van der Waals surface area contributed by atoms with Crippen LogP contribution in [0.25, 0.3) is 10.9 Å². The third-order valence-electron chi connectivity index (χ3n) is 18.0. The third kappa shape index (κ3) is 25.5. The highest BCUT2D eigenvalue weighted by Crippen LogP contribution is 2.34. The molecular formula is C68H93F2N11O15S. The molecule has 0 saturated carbocycles. The number of pyridine rings is 1. The van der Waals surface area contributed by atoms with Crippen molar-refractivity contribution in [1.82, 2.24) is 49.9 Å². The van der Waals surface area contributed by atoms with E-state index in [0.717, 1.165) is 54.6 Å². The lowest BCUT2D eigenvalue weighted by Gasteiger charge is -2.34. The van der Waals surface area contributed by atoms with Crippen LogP contribution in [0, 0.1) is 30.1 Å². The molecule has 2 aromatic carbocycles. The molecule has 29 heteroatoms. The molecule has 530 valence electrons. The minimum absolute atomic E-state index is 0.0812. The molecule has 4 fully saturated rings. The second kappa shape index (κ2) is 38.3. The van der Waals surface area contributed by atoms with Gasteiger partial charge in [-0.25, -0.2) is 8.78 Å². The number of nitrogens with one attached hydrogen (secondary N) is 2. The topological polar surface area (TPSA) is 333 Å². The van der Waals surface area contributed by atoms with E-state index < -0.39 is 84.2 Å². The average Bonchev–Trinajstić information content (AvgIpc) is 1.78. The van der Waals surface area contributed by atoms with Crippen molar-refractivity contribution in [2.45, 2.75) is 126 Å². The van der Waals surface area contributed by atoms with E-state index in [1.54, 1.807) is 50.8 Å². The number of aryl methyl sites for hydroxylation is 2. The summed E-state index contributed by atoms with van der Waals surface area (Å²) in [7, 11) is 0. The van der Waals surface area contributed by atoms with Crippen LogP contribution in [0.5, 0.6) is 5.75 Å². The number of imide groups is 1. The summed E-state index contributed by atoms with van der Waals surface area (Å²) in [6.07, 6.45) is 8.82. The van der Waals surface area contributed by atoms with E-state index >= 15 is 0 Å². The SMILES string of the molecule is Cc1ccc(CCCC(=O)OCCCCCC(CNC(=O)CN2CCN(CC(=O)O)CCN(CC(=O)O)CCN(CC(=O)O)CC2)SC2CC(=O)N(CC(C)C(=O)N3CCC(CCCCOc4ccc5nccc(C(=O)NCC(=O)N6CC(F)(F)C[C@@H]6C#N)c5c4)CC3)C2=O)cc1. The number of fused-ring (bicyclic) bond motifs is 1. The summed E-state index contributed by atoms with van der Waals surface area (Å²) in [5, 5.41) is 43.1. The predicted octanol–water partition coefficient (Wildman–Crippen LogP) is 4.40. The molecule has 0 aliphatic carbocycles. The summed E-state index contributed by atoms with van der Waals surface area (Å²) in [4.78, 5) is 144. The first-order valence-corrected chi connectivity index (χ1v) is 34.5. The van der Waals surface area contributed by atoms with Crippen molar-refractivity contribution < 1.29 is 81.5 Å². The highest BCUT2D eigenvalue weighted by Gasteiger charge is 2.47. The number of alkyl halides is 2. The number of piperidine rings is 1. The highest BCUT2D eigenvalue weighted by atomic mass is 32.2. The number of benzene rings is 2. The van der Waals surface area contributed by atoms with Gasteiger partial charge in [0.2, 0.25) is 29.5 Å². The van der Waals surface area contributed by atoms with Crippen LogP contribution in [0.1, 0.15) is 112 Å². The van der Waals surface area contributed by atoms with Crippen molar-refractivity contribution in [2.24, 2.45) is 11.8 Å². The van der Waals surface area contributed by atoms with Crippen LogP contribution in [-0.2, 0) is 54.3 Å². The zero-order valence-corrected chi connectivity index (χ0v) is 56.4. The predicted molar refractivity (Wildman–Crippen MR) is 354 cm³/mol. The number of hydrogen-bond donors (Lipinski definition) is 5. The third-order valence-corrected chi connectivity index (χ3v) is 19.5. The number of aromatic nitrogens is 1. The van der Waals surface area contributed by atoms with Gasteiger partial charge in [-0.3, -0.25) is 77.4 Å². The Morgan fingerprint density at radius 3 is 2.00 bits per heavy atom. The largest absolute Gasteiger partial charge is 0.494 e. The lowest BCUT2D eigenvalue weighted by molar-refractivity contribution is -0.144. The van der Waals surface area contributed by atoms with Gasteiger partial charge in [0.05, 0.1) is 80.8 Å². The van der Waals surface area contributed by atoms with Crippen LogP contribution >= 0.6 is 11.8 Å². The van der Waals surface area contributed by atoms with Gasteiger partial charge >= 0.3 is 23.9 Å². The summed E-state index contributed by atoms with van der Waals surface area (Å²) in [6.45, 7) is 4.78. The summed E-state index contributed by atoms with van der Waals surface area (Å²) in [5.41, 5.74) is 3.02. The maximum atomic E-state index is 14.2. The molecule has 5 N–H and O–H groups in total. The Kier molecular flexibility index (Phi) is 30.2. The maximum absolute atomic E-state index is 14.2. The zero-order valence-electron chi connectivity index (χ0n) is 55.6. The molecule has 0 bridgehead atoms. The van der Waals surface area contributed by atoms with E-state index in [1.807, 2.05) is 24.0 Å². The Morgan fingerprint density at radius 1 is 0.763 bits per heavy atom. The molecule has 1 aromatic heterocycles. The lowest BCUT2D eigenvalue weighted by atomic mass is 9.91. The van der Waals surface area contributed by atoms with E-state index in [-0.39, 0.29) is 133 Å². The van der Waals surface area contributed by atoms with E-state index in [1.165, 1.54) is 28.9 Å². The number of carbonyl (C=O) groups excluding carboxylic acids is 7. The van der Waals surface area contributed by atoms with Gasteiger partial charge in [0.25, 0.3) is 11.8 Å². The molecule has 4 saturated heterocycles. The van der Waals surface area contributed by atoms with Gasteiger partial charge in [0.1, 0.15) is 11.8 Å². The van der Waals surface area contributed by atoms with Gasteiger partial charge in [-0.2, -0.15) is 5.26 Å². The quantitative estimate of drug-likeness (QED) is 0.0314. The molecule has 4 aliphatic rings. The lowest BCUT2D eigenvalue weighted by Crippen LogP contribution is -2.50. The molecule has 26 nitrogen and oxygen atoms in total. The molecule has 3 aromatic rings. The maximum Gasteiger partial charge on any atom is 0.317 e. The van der Waals surface area contributed by atoms with Crippen LogP contribution in [0.15, 0.2) is 54.7 Å². The molecule has 6 amide bonds. The standard InChI is InChI=1S/C68H93F2N11O15S/c1-47-13-15-49(16-14-47)10-8-12-64(91)96-34-6-3-4-11-53(39-73-58(82)42-75-25-27-76(43-61(85)86)29-31-78(45-63(89)90)32-30-77(28-26-75)44-62(87)88)97-57-36-59(83)80(67(57)94)41-48(2)66(93)79-23-20-50(21-24-79)9-5-7-33-95-52-17-18-56-55(35-52)54(19-22-72-56)65(92)74-40-60(84)81-46-68(69,70)37-51(81)38-71/h13-19,22,35,48,50-51,53,57H,3-12,20-21,23-34,36-37,39-46H2,1-2H3,(H,73,82)(H,74,92)(H,85,86)(H,87,88)(H,89,90)/t48?,51-,53?,57?/m1/s1. The molecule has 0 radical (unpaired) electrons. The number of halogens is 2. The zero-order chi connectivity index (χ0) is 70.0. The van der Waals surface area contributed by atoms with Crippen molar-refractivity contribution in [3.05, 3.63) is 71.4 Å². The Bertz CT molecular complexity index is 3210. The minimum atomic E-state index is -3.19. The molecule has 0 spiro atoms. The molecule has 5 heterocycles. The number of rotatable bonds is 34. The van der Waals surface area contributed by atoms with Gasteiger partial charge in [0.15, 0.2) is 0 Å². The Labute approximate surface area is 568 Å². The number of likely N-dealkylation sites (tertiary alicyclic amines) is 3. The van der Waals surface area contributed by atoms with Crippen LogP contribution in [0.4, 0.5) is 8.78 Å². The minimum Gasteiger partial charge on any atom is -0.494 e. The van der Waals surface area contributed by atoms with E-state index in [2.05, 4.69) is 27.8 Å². The summed E-state index contributed by atoms with van der Waals surface area (Å²) in [5.74, 6) is -9.19. The molecular weight excluding hydrogens is 1280 g/mol. The van der Waals surface area contributed by atoms with Crippen molar-refractivity contribution in [1.29, 1.82) is 5.26 Å². The van der Waals surface area contributed by atoms with Crippen LogP contribution < -0.4 is 15.4 Å².